The van der Waals surface area contributed by atoms with Gasteiger partial charge >= 0.3 is 0 Å². The molecular weight excluding hydrogens is 294 g/mol. The Hall–Kier alpha value is -1.73. The highest BCUT2D eigenvalue weighted by molar-refractivity contribution is 5.82. The van der Waals surface area contributed by atoms with Crippen LogP contribution in [0.15, 0.2) is 24.3 Å². The van der Waals surface area contributed by atoms with Crippen LogP contribution in [0.5, 0.6) is 5.75 Å². The highest BCUT2D eigenvalue weighted by atomic mass is 19.3. The topological polar surface area (TPSA) is 59.6 Å². The fourth-order valence-electron chi connectivity index (χ4n) is 2.23. The van der Waals surface area contributed by atoms with Gasteiger partial charge in [0.25, 0.3) is 6.43 Å². The van der Waals surface area contributed by atoms with Gasteiger partial charge in [0.05, 0.1) is 12.7 Å². The number of hydrogen-bond acceptors (Lipinski definition) is 4. The lowest BCUT2D eigenvalue weighted by Gasteiger charge is -2.29. The Bertz CT molecular complexity index is 499. The van der Waals surface area contributed by atoms with Crippen molar-refractivity contribution in [1.82, 2.24) is 10.6 Å². The van der Waals surface area contributed by atoms with E-state index in [1.807, 2.05) is 6.92 Å². The molecule has 1 aliphatic rings. The molecule has 122 valence electrons. The first-order chi connectivity index (χ1) is 10.6. The molecule has 0 aromatic heterocycles. The second kappa shape index (κ2) is 8.05. The summed E-state index contributed by atoms with van der Waals surface area (Å²) < 4.78 is 34.6. The lowest BCUT2D eigenvalue weighted by molar-refractivity contribution is -0.129. The molecule has 1 aromatic rings. The van der Waals surface area contributed by atoms with Crippen molar-refractivity contribution in [3.63, 3.8) is 0 Å². The van der Waals surface area contributed by atoms with E-state index in [1.165, 1.54) is 0 Å². The van der Waals surface area contributed by atoms with Gasteiger partial charge in [0, 0.05) is 13.1 Å². The van der Waals surface area contributed by atoms with E-state index < -0.39 is 13.0 Å². The van der Waals surface area contributed by atoms with E-state index in [0.717, 1.165) is 5.56 Å². The van der Waals surface area contributed by atoms with E-state index >= 15 is 0 Å². The molecule has 1 aromatic carbocycles. The molecule has 0 radical (unpaired) electrons. The van der Waals surface area contributed by atoms with Gasteiger partial charge in [-0.15, -0.1) is 0 Å². The molecule has 0 bridgehead atoms. The molecule has 1 amide bonds. The Morgan fingerprint density at radius 3 is 3.09 bits per heavy atom. The first kappa shape index (κ1) is 16.6. The zero-order valence-corrected chi connectivity index (χ0v) is 12.4. The summed E-state index contributed by atoms with van der Waals surface area (Å²) in [5.74, 6) is 0.214. The van der Waals surface area contributed by atoms with Crippen molar-refractivity contribution in [3.8, 4) is 5.75 Å². The van der Waals surface area contributed by atoms with E-state index in [4.69, 9.17) is 9.47 Å². The first-order valence-corrected chi connectivity index (χ1v) is 7.19. The number of carbonyl (C=O) groups excluding carboxylic acids is 1. The van der Waals surface area contributed by atoms with Gasteiger partial charge < -0.3 is 20.1 Å². The van der Waals surface area contributed by atoms with Crippen LogP contribution in [-0.4, -0.2) is 44.2 Å². The number of benzene rings is 1. The Labute approximate surface area is 128 Å². The largest absolute Gasteiger partial charge is 0.488 e. The van der Waals surface area contributed by atoms with Crippen LogP contribution in [0.2, 0.25) is 0 Å². The minimum Gasteiger partial charge on any atom is -0.488 e. The average molecular weight is 314 g/mol. The van der Waals surface area contributed by atoms with Crippen molar-refractivity contribution in [3.05, 3.63) is 29.8 Å². The third kappa shape index (κ3) is 4.92. The van der Waals surface area contributed by atoms with Crippen LogP contribution in [-0.2, 0) is 16.1 Å². The summed E-state index contributed by atoms with van der Waals surface area (Å²) in [6, 6.07) is 6.35. The zero-order valence-electron chi connectivity index (χ0n) is 12.4. The summed E-state index contributed by atoms with van der Waals surface area (Å²) in [6.07, 6.45) is -2.70. The molecule has 0 saturated carbocycles. The SMILES string of the molecule is C[C@H]1OCCN[C@@H]1C(=O)NCc1cccc(OCC(F)F)c1. The minimum absolute atomic E-state index is 0.147. The second-order valence-electron chi connectivity index (χ2n) is 5.08. The van der Waals surface area contributed by atoms with Crippen LogP contribution >= 0.6 is 0 Å². The minimum atomic E-state index is -2.51. The maximum Gasteiger partial charge on any atom is 0.272 e. The third-order valence-corrected chi connectivity index (χ3v) is 3.34. The number of nitrogens with one attached hydrogen (secondary N) is 2. The molecule has 5 nitrogen and oxygen atoms in total. The van der Waals surface area contributed by atoms with Crippen LogP contribution in [0.1, 0.15) is 12.5 Å². The Kier molecular flexibility index (Phi) is 6.09. The number of alkyl halides is 2. The third-order valence-electron chi connectivity index (χ3n) is 3.34. The fraction of sp³-hybridized carbons (Fsp3) is 0.533. The van der Waals surface area contributed by atoms with Gasteiger partial charge in [-0.1, -0.05) is 12.1 Å². The van der Waals surface area contributed by atoms with E-state index in [-0.39, 0.29) is 18.1 Å². The summed E-state index contributed by atoms with van der Waals surface area (Å²) in [5, 5.41) is 5.91. The van der Waals surface area contributed by atoms with Crippen LogP contribution in [0.4, 0.5) is 8.78 Å². The lowest BCUT2D eigenvalue weighted by Crippen LogP contribution is -2.55. The number of halogens is 2. The summed E-state index contributed by atoms with van der Waals surface area (Å²) in [6.45, 7) is 2.73. The van der Waals surface area contributed by atoms with Crippen LogP contribution in [0.3, 0.4) is 0 Å². The Morgan fingerprint density at radius 2 is 2.36 bits per heavy atom. The molecule has 0 unspecified atom stereocenters. The highest BCUT2D eigenvalue weighted by Crippen LogP contribution is 2.14. The summed E-state index contributed by atoms with van der Waals surface area (Å²) in [7, 11) is 0. The molecule has 2 rings (SSSR count). The van der Waals surface area contributed by atoms with E-state index in [0.29, 0.717) is 25.4 Å². The molecule has 2 N–H and O–H groups in total. The fourth-order valence-corrected chi connectivity index (χ4v) is 2.23. The molecule has 7 heteroatoms. The van der Waals surface area contributed by atoms with Crippen molar-refractivity contribution < 1.29 is 23.0 Å². The van der Waals surface area contributed by atoms with Crippen molar-refractivity contribution in [2.45, 2.75) is 32.0 Å². The standard InChI is InChI=1S/C15H20F2N2O3/c1-10-14(18-5-6-21-10)15(20)19-8-11-3-2-4-12(7-11)22-9-13(16)17/h2-4,7,10,13-14,18H,5-6,8-9H2,1H3,(H,19,20)/t10-,14+/m1/s1. The van der Waals surface area contributed by atoms with E-state index in [1.54, 1.807) is 24.3 Å². The number of hydrogen-bond donors (Lipinski definition) is 2. The van der Waals surface area contributed by atoms with Crippen molar-refractivity contribution in [2.24, 2.45) is 0 Å². The molecule has 1 aliphatic heterocycles. The van der Waals surface area contributed by atoms with Gasteiger partial charge in [0.15, 0.2) is 0 Å². The average Bonchev–Trinajstić information content (AvgIpc) is 2.51. The van der Waals surface area contributed by atoms with Gasteiger partial charge in [-0.05, 0) is 24.6 Å². The summed E-state index contributed by atoms with van der Waals surface area (Å²) in [4.78, 5) is 12.1. The predicted molar refractivity (Wildman–Crippen MR) is 77.0 cm³/mol. The molecule has 1 saturated heterocycles. The molecule has 1 fully saturated rings. The van der Waals surface area contributed by atoms with Gasteiger partial charge in [0.2, 0.25) is 5.91 Å². The summed E-state index contributed by atoms with van der Waals surface area (Å²) >= 11 is 0. The van der Waals surface area contributed by atoms with E-state index in [9.17, 15) is 13.6 Å². The number of morpholine rings is 1. The summed E-state index contributed by atoms with van der Waals surface area (Å²) in [5.41, 5.74) is 0.782. The van der Waals surface area contributed by atoms with Crippen molar-refractivity contribution >= 4 is 5.91 Å². The number of ether oxygens (including phenoxy) is 2. The Balaban J connectivity index is 1.85. The van der Waals surface area contributed by atoms with Crippen LogP contribution < -0.4 is 15.4 Å². The number of carbonyl (C=O) groups is 1. The molecule has 22 heavy (non-hydrogen) atoms. The van der Waals surface area contributed by atoms with E-state index in [2.05, 4.69) is 10.6 Å². The monoisotopic (exact) mass is 314 g/mol. The number of amides is 1. The predicted octanol–water partition coefficient (Wildman–Crippen LogP) is 1.32. The quantitative estimate of drug-likeness (QED) is 0.831. The highest BCUT2D eigenvalue weighted by Gasteiger charge is 2.27. The van der Waals surface area contributed by atoms with Gasteiger partial charge in [-0.25, -0.2) is 8.78 Å². The maximum atomic E-state index is 12.1. The molecule has 1 heterocycles. The first-order valence-electron chi connectivity index (χ1n) is 7.19. The maximum absolute atomic E-state index is 12.1. The smallest absolute Gasteiger partial charge is 0.272 e. The van der Waals surface area contributed by atoms with Crippen molar-refractivity contribution in [2.75, 3.05) is 19.8 Å². The van der Waals surface area contributed by atoms with Crippen LogP contribution in [0, 0.1) is 0 Å². The van der Waals surface area contributed by atoms with Crippen LogP contribution in [0.25, 0.3) is 0 Å². The molecule has 0 spiro atoms. The van der Waals surface area contributed by atoms with Gasteiger partial charge in [-0.2, -0.15) is 0 Å². The normalized spacial score (nSPS) is 21.6. The lowest BCUT2D eigenvalue weighted by atomic mass is 10.1. The van der Waals surface area contributed by atoms with Gasteiger partial charge in [0.1, 0.15) is 18.4 Å². The molecular formula is C15H20F2N2O3. The molecule has 2 atom stereocenters. The van der Waals surface area contributed by atoms with Gasteiger partial charge in [-0.3, -0.25) is 4.79 Å². The Morgan fingerprint density at radius 1 is 1.55 bits per heavy atom. The van der Waals surface area contributed by atoms with Crippen molar-refractivity contribution in [1.29, 1.82) is 0 Å². The number of rotatable bonds is 6. The second-order valence-corrected chi connectivity index (χ2v) is 5.08. The molecule has 0 aliphatic carbocycles. The zero-order chi connectivity index (χ0) is 15.9.